The maximum Gasteiger partial charge on any atom is 0.319 e. The molecule has 3 aromatic rings. The molecule has 0 bridgehead atoms. The van der Waals surface area contributed by atoms with Crippen molar-refractivity contribution in [2.75, 3.05) is 25.0 Å². The van der Waals surface area contributed by atoms with Crippen molar-refractivity contribution in [3.63, 3.8) is 0 Å². The van der Waals surface area contributed by atoms with E-state index in [0.717, 1.165) is 33.3 Å². The van der Waals surface area contributed by atoms with E-state index in [1.165, 1.54) is 0 Å². The van der Waals surface area contributed by atoms with Gasteiger partial charge in [0.2, 0.25) is 11.8 Å². The number of piperidine rings is 1. The van der Waals surface area contributed by atoms with Gasteiger partial charge >= 0.3 is 6.03 Å². The summed E-state index contributed by atoms with van der Waals surface area (Å²) in [5.41, 5.74) is 4.25. The largest absolute Gasteiger partial charge is 0.342 e. The van der Waals surface area contributed by atoms with Crippen molar-refractivity contribution < 1.29 is 14.4 Å². The zero-order valence-electron chi connectivity index (χ0n) is 23.8. The fourth-order valence-corrected chi connectivity index (χ4v) is 7.06. The van der Waals surface area contributed by atoms with Gasteiger partial charge in [-0.05, 0) is 54.4 Å². The molecule has 2 aromatic carbocycles. The number of para-hydroxylation sites is 1. The molecule has 3 N–H and O–H groups in total. The van der Waals surface area contributed by atoms with Crippen LogP contribution in [0.25, 0.3) is 10.9 Å². The van der Waals surface area contributed by atoms with E-state index in [2.05, 4.69) is 41.6 Å². The molecule has 216 valence electrons. The molecule has 4 heterocycles. The number of rotatable bonds is 3. The predicted octanol–water partition coefficient (Wildman–Crippen LogP) is 5.20. The summed E-state index contributed by atoms with van der Waals surface area (Å²) in [5, 5.41) is 14.8. The Kier molecular flexibility index (Phi) is 6.96. The number of aromatic nitrogens is 2. The van der Waals surface area contributed by atoms with Gasteiger partial charge in [0.15, 0.2) is 0 Å². The number of aryl methyl sites for hydroxylation is 1. The maximum atomic E-state index is 14.0. The minimum Gasteiger partial charge on any atom is -0.342 e. The van der Waals surface area contributed by atoms with Gasteiger partial charge in [-0.3, -0.25) is 14.7 Å². The van der Waals surface area contributed by atoms with Gasteiger partial charge in [0, 0.05) is 55.2 Å². The van der Waals surface area contributed by atoms with Crippen LogP contribution in [-0.4, -0.2) is 57.5 Å². The third-order valence-corrected chi connectivity index (χ3v) is 9.06. The number of H-pyrrole nitrogens is 1. The summed E-state index contributed by atoms with van der Waals surface area (Å²) in [6.45, 7) is 8.46. The second kappa shape index (κ2) is 10.4. The zero-order chi connectivity index (χ0) is 28.9. The number of benzene rings is 2. The molecule has 3 aliphatic rings. The van der Waals surface area contributed by atoms with Gasteiger partial charge in [-0.15, -0.1) is 0 Å². The molecule has 1 aromatic heterocycles. The lowest BCUT2D eigenvalue weighted by Gasteiger charge is -2.45. The smallest absolute Gasteiger partial charge is 0.319 e. The molecular formula is C31H37ClN6O3. The number of carbonyl (C=O) groups excluding carboxylic acids is 3. The molecule has 0 radical (unpaired) electrons. The number of fused-ring (bicyclic) bond motifs is 5. The normalized spacial score (nSPS) is 20.6. The van der Waals surface area contributed by atoms with Crippen LogP contribution in [-0.2, 0) is 28.1 Å². The van der Waals surface area contributed by atoms with Crippen LogP contribution in [0.5, 0.6) is 0 Å². The topological polar surface area (TPSA) is 110 Å². The van der Waals surface area contributed by atoms with Gasteiger partial charge in [0.1, 0.15) is 0 Å². The molecule has 1 fully saturated rings. The monoisotopic (exact) mass is 576 g/mol. The Bertz CT molecular complexity index is 1520. The average Bonchev–Trinajstić information content (AvgIpc) is 3.42. The molecule has 1 spiro atoms. The molecule has 0 aliphatic carbocycles. The van der Waals surface area contributed by atoms with Gasteiger partial charge in [0.25, 0.3) is 0 Å². The number of hydrogen-bond acceptors (Lipinski definition) is 4. The lowest BCUT2D eigenvalue weighted by Crippen LogP contribution is -2.57. The van der Waals surface area contributed by atoms with E-state index < -0.39 is 11.5 Å². The van der Waals surface area contributed by atoms with Crippen molar-refractivity contribution in [3.05, 3.63) is 58.2 Å². The average molecular weight is 577 g/mol. The highest BCUT2D eigenvalue weighted by Crippen LogP contribution is 2.40. The van der Waals surface area contributed by atoms with Crippen molar-refractivity contribution in [1.29, 1.82) is 0 Å². The van der Waals surface area contributed by atoms with E-state index in [1.807, 2.05) is 40.1 Å². The highest BCUT2D eigenvalue weighted by Gasteiger charge is 2.43. The molecule has 9 nitrogen and oxygen atoms in total. The number of nitrogens with zero attached hydrogens (tertiary/aromatic N) is 3. The summed E-state index contributed by atoms with van der Waals surface area (Å²) in [7, 11) is 0. The quantitative estimate of drug-likeness (QED) is 0.398. The summed E-state index contributed by atoms with van der Waals surface area (Å²) in [5.74, 6) is -0.392. The summed E-state index contributed by atoms with van der Waals surface area (Å²) in [6.07, 6.45) is 4.46. The van der Waals surface area contributed by atoms with Gasteiger partial charge in [-0.1, -0.05) is 50.6 Å². The van der Waals surface area contributed by atoms with Gasteiger partial charge in [-0.2, -0.15) is 5.10 Å². The fourth-order valence-electron chi connectivity index (χ4n) is 6.79. The summed E-state index contributed by atoms with van der Waals surface area (Å²) in [6, 6.07) is 9.61. The van der Waals surface area contributed by atoms with Crippen LogP contribution in [0.1, 0.15) is 63.1 Å². The Morgan fingerprint density at radius 1 is 1.17 bits per heavy atom. The summed E-state index contributed by atoms with van der Waals surface area (Å²) >= 11 is 6.58. The van der Waals surface area contributed by atoms with Crippen LogP contribution in [0.15, 0.2) is 36.5 Å². The number of amides is 4. The number of urea groups is 1. The van der Waals surface area contributed by atoms with Crippen LogP contribution in [0.2, 0.25) is 5.02 Å². The highest BCUT2D eigenvalue weighted by atomic mass is 35.5. The first-order chi connectivity index (χ1) is 19.5. The lowest BCUT2D eigenvalue weighted by molar-refractivity contribution is -0.143. The third-order valence-electron chi connectivity index (χ3n) is 8.76. The molecule has 0 unspecified atom stereocenters. The number of carbonyl (C=O) groups is 3. The van der Waals surface area contributed by atoms with E-state index in [4.69, 9.17) is 11.6 Å². The molecule has 1 atom stereocenters. The Morgan fingerprint density at radius 3 is 2.68 bits per heavy atom. The van der Waals surface area contributed by atoms with E-state index in [1.54, 1.807) is 6.20 Å². The molecule has 3 aliphatic heterocycles. The summed E-state index contributed by atoms with van der Waals surface area (Å²) in [4.78, 5) is 43.9. The predicted molar refractivity (Wildman–Crippen MR) is 158 cm³/mol. The Morgan fingerprint density at radius 2 is 1.93 bits per heavy atom. The van der Waals surface area contributed by atoms with Gasteiger partial charge < -0.3 is 20.4 Å². The molecule has 1 saturated heterocycles. The van der Waals surface area contributed by atoms with Crippen LogP contribution < -0.4 is 10.6 Å². The minimum absolute atomic E-state index is 0.00780. The maximum absolute atomic E-state index is 14.0. The summed E-state index contributed by atoms with van der Waals surface area (Å²) < 4.78 is 0. The van der Waals surface area contributed by atoms with Crippen molar-refractivity contribution in [1.82, 2.24) is 25.3 Å². The van der Waals surface area contributed by atoms with Crippen LogP contribution in [0.3, 0.4) is 0 Å². The first kappa shape index (κ1) is 27.6. The Hall–Kier alpha value is -3.59. The highest BCUT2D eigenvalue weighted by molar-refractivity contribution is 6.35. The first-order valence-electron chi connectivity index (χ1n) is 14.4. The van der Waals surface area contributed by atoms with Crippen molar-refractivity contribution >= 4 is 46.0 Å². The van der Waals surface area contributed by atoms with E-state index in [-0.39, 0.29) is 29.7 Å². The molecule has 6 rings (SSSR count). The van der Waals surface area contributed by atoms with Crippen LogP contribution >= 0.6 is 11.6 Å². The number of nitrogens with one attached hydrogen (secondary N) is 3. The second-order valence-corrected chi connectivity index (χ2v) is 13.3. The minimum atomic E-state index is -0.489. The SMILES string of the molecule is CC(C)(C)CN1Cc2c(cc(Cl)c3[nH]ncc23)CC[C@@H](CC(=O)N2CCC3(CC2)NC(=O)Nc2ccccc23)C1=O. The number of halogens is 1. The molecule has 4 amide bonds. The second-order valence-electron chi connectivity index (χ2n) is 12.9. The standard InChI is InChI=1S/C31H37ClN6O3/c1-30(2,3)18-38-17-22-19(14-24(32)27-21(22)16-33-36-27)8-9-20(28(38)40)15-26(39)37-12-10-31(11-13-37)23-6-4-5-7-25(23)34-29(41)35-31/h4-7,14,16,20H,8-13,15,17-18H2,1-3H3,(H,33,36)(H2,34,35,41)/t20-/m0/s1. The van der Waals surface area contributed by atoms with Gasteiger partial charge in [0.05, 0.1) is 22.3 Å². The Labute approximate surface area is 245 Å². The number of hydrogen-bond donors (Lipinski definition) is 3. The zero-order valence-corrected chi connectivity index (χ0v) is 24.6. The van der Waals surface area contributed by atoms with E-state index in [0.29, 0.717) is 56.9 Å². The van der Waals surface area contributed by atoms with E-state index in [9.17, 15) is 14.4 Å². The van der Waals surface area contributed by atoms with Crippen molar-refractivity contribution in [2.45, 2.75) is 65.0 Å². The molecule has 0 saturated carbocycles. The molecule has 41 heavy (non-hydrogen) atoms. The number of aromatic amines is 1. The third kappa shape index (κ3) is 5.27. The first-order valence-corrected chi connectivity index (χ1v) is 14.8. The van der Waals surface area contributed by atoms with Crippen LogP contribution in [0, 0.1) is 11.3 Å². The number of likely N-dealkylation sites (tertiary alicyclic amines) is 1. The van der Waals surface area contributed by atoms with Gasteiger partial charge in [-0.25, -0.2) is 4.79 Å². The molecule has 10 heteroatoms. The molecular weight excluding hydrogens is 540 g/mol. The van der Waals surface area contributed by atoms with E-state index >= 15 is 0 Å². The lowest BCUT2D eigenvalue weighted by atomic mass is 9.78. The number of anilines is 1. The fraction of sp³-hybridized carbons (Fsp3) is 0.484. The van der Waals surface area contributed by atoms with Crippen molar-refractivity contribution in [2.24, 2.45) is 11.3 Å². The van der Waals surface area contributed by atoms with Crippen LogP contribution in [0.4, 0.5) is 10.5 Å². The Balaban J connectivity index is 1.21. The van der Waals surface area contributed by atoms with Crippen molar-refractivity contribution in [3.8, 4) is 0 Å².